The normalized spacial score (nSPS) is 24.2. The van der Waals surface area contributed by atoms with Crippen LogP contribution in [0.1, 0.15) is 44.1 Å². The number of aromatic nitrogens is 2. The van der Waals surface area contributed by atoms with E-state index in [4.69, 9.17) is 0 Å². The first-order valence-electron chi connectivity index (χ1n) is 6.51. The molecule has 0 atom stereocenters. The standard InChI is InChI=1S/C13H21N3OS/c1-9(2)13-14-10(3)8-12(16-13)15-11-4-6-18(17)7-5-11/h8-9,11H,4-7H2,1-3H3,(H,14,15,16). The van der Waals surface area contributed by atoms with Crippen LogP contribution in [0.2, 0.25) is 0 Å². The third kappa shape index (κ3) is 3.51. The minimum Gasteiger partial charge on any atom is -0.367 e. The molecule has 2 rings (SSSR count). The zero-order valence-electron chi connectivity index (χ0n) is 11.3. The SMILES string of the molecule is Cc1cc(NC2CCS(=O)CC2)nc(C(C)C)n1. The monoisotopic (exact) mass is 267 g/mol. The molecule has 1 aliphatic rings. The molecule has 2 heterocycles. The summed E-state index contributed by atoms with van der Waals surface area (Å²) in [6.45, 7) is 6.19. The molecule has 1 aromatic heterocycles. The summed E-state index contributed by atoms with van der Waals surface area (Å²) in [6, 6.07) is 2.38. The minimum atomic E-state index is -0.608. The predicted molar refractivity (Wildman–Crippen MR) is 75.4 cm³/mol. The van der Waals surface area contributed by atoms with Gasteiger partial charge in [0.1, 0.15) is 11.6 Å². The Kier molecular flexibility index (Phi) is 4.32. The van der Waals surface area contributed by atoms with Gasteiger partial charge >= 0.3 is 0 Å². The van der Waals surface area contributed by atoms with E-state index in [-0.39, 0.29) is 0 Å². The lowest BCUT2D eigenvalue weighted by Gasteiger charge is -2.23. The Labute approximate surface area is 111 Å². The van der Waals surface area contributed by atoms with Crippen molar-refractivity contribution in [2.24, 2.45) is 0 Å². The Hall–Kier alpha value is -0.970. The van der Waals surface area contributed by atoms with E-state index >= 15 is 0 Å². The van der Waals surface area contributed by atoms with Crippen LogP contribution in [0, 0.1) is 6.92 Å². The van der Waals surface area contributed by atoms with Gasteiger partial charge in [0.15, 0.2) is 0 Å². The van der Waals surface area contributed by atoms with E-state index in [1.54, 1.807) is 0 Å². The van der Waals surface area contributed by atoms with Crippen LogP contribution in [0.3, 0.4) is 0 Å². The summed E-state index contributed by atoms with van der Waals surface area (Å²) in [5.74, 6) is 3.74. The fourth-order valence-electron chi connectivity index (χ4n) is 2.07. The maximum atomic E-state index is 11.3. The lowest BCUT2D eigenvalue weighted by Crippen LogP contribution is -2.29. The van der Waals surface area contributed by atoms with Crippen LogP contribution in [-0.2, 0) is 10.8 Å². The first-order valence-corrected chi connectivity index (χ1v) is 8.00. The fourth-order valence-corrected chi connectivity index (χ4v) is 3.37. The van der Waals surface area contributed by atoms with Crippen molar-refractivity contribution in [2.75, 3.05) is 16.8 Å². The molecule has 1 fully saturated rings. The van der Waals surface area contributed by atoms with Crippen LogP contribution in [0.5, 0.6) is 0 Å². The Balaban J connectivity index is 2.06. The molecule has 1 aromatic rings. The molecule has 0 spiro atoms. The lowest BCUT2D eigenvalue weighted by molar-refractivity contribution is 0.621. The van der Waals surface area contributed by atoms with Gasteiger partial charge in [-0.2, -0.15) is 0 Å². The van der Waals surface area contributed by atoms with Gasteiger partial charge in [0.05, 0.1) is 0 Å². The molecule has 0 radical (unpaired) electrons. The van der Waals surface area contributed by atoms with Crippen molar-refractivity contribution in [2.45, 2.75) is 45.6 Å². The van der Waals surface area contributed by atoms with Gasteiger partial charge in [-0.15, -0.1) is 0 Å². The highest BCUT2D eigenvalue weighted by molar-refractivity contribution is 7.85. The second-order valence-corrected chi connectivity index (χ2v) is 6.87. The Bertz CT molecular complexity index is 438. The van der Waals surface area contributed by atoms with Gasteiger partial charge in [0, 0.05) is 46.0 Å². The number of hydrogen-bond donors (Lipinski definition) is 1. The molecule has 1 saturated heterocycles. The lowest BCUT2D eigenvalue weighted by atomic mass is 10.1. The van der Waals surface area contributed by atoms with E-state index in [9.17, 15) is 4.21 Å². The molecule has 0 aromatic carbocycles. The van der Waals surface area contributed by atoms with Crippen LogP contribution < -0.4 is 5.32 Å². The topological polar surface area (TPSA) is 54.9 Å². The van der Waals surface area contributed by atoms with Crippen molar-refractivity contribution in [1.29, 1.82) is 0 Å². The Morgan fingerprint density at radius 1 is 1.33 bits per heavy atom. The highest BCUT2D eigenvalue weighted by atomic mass is 32.2. The van der Waals surface area contributed by atoms with E-state index in [1.165, 1.54) is 0 Å². The number of nitrogens with one attached hydrogen (secondary N) is 1. The fraction of sp³-hybridized carbons (Fsp3) is 0.692. The summed E-state index contributed by atoms with van der Waals surface area (Å²) >= 11 is 0. The summed E-state index contributed by atoms with van der Waals surface area (Å²) in [6.07, 6.45) is 1.93. The molecule has 0 aliphatic carbocycles. The van der Waals surface area contributed by atoms with Gasteiger partial charge in [0.25, 0.3) is 0 Å². The van der Waals surface area contributed by atoms with Crippen molar-refractivity contribution >= 4 is 16.6 Å². The first-order chi connectivity index (χ1) is 8.54. The summed E-state index contributed by atoms with van der Waals surface area (Å²) in [4.78, 5) is 8.99. The van der Waals surface area contributed by atoms with Crippen molar-refractivity contribution in [1.82, 2.24) is 9.97 Å². The second-order valence-electron chi connectivity index (χ2n) is 5.17. The highest BCUT2D eigenvalue weighted by Crippen LogP contribution is 2.17. The number of anilines is 1. The number of aryl methyl sites for hydroxylation is 1. The second kappa shape index (κ2) is 5.78. The van der Waals surface area contributed by atoms with Gasteiger partial charge in [-0.25, -0.2) is 9.97 Å². The Morgan fingerprint density at radius 3 is 2.61 bits per heavy atom. The third-order valence-corrected chi connectivity index (χ3v) is 4.51. The molecular formula is C13H21N3OS. The minimum absolute atomic E-state index is 0.337. The number of hydrogen-bond acceptors (Lipinski definition) is 4. The first kappa shape index (κ1) is 13.5. The van der Waals surface area contributed by atoms with Crippen LogP contribution >= 0.6 is 0 Å². The zero-order valence-corrected chi connectivity index (χ0v) is 12.1. The average Bonchev–Trinajstić information content (AvgIpc) is 2.31. The van der Waals surface area contributed by atoms with Crippen LogP contribution in [0.4, 0.5) is 5.82 Å². The molecule has 1 N–H and O–H groups in total. The van der Waals surface area contributed by atoms with Gasteiger partial charge in [-0.05, 0) is 19.8 Å². The van der Waals surface area contributed by atoms with Crippen molar-refractivity contribution in [3.05, 3.63) is 17.6 Å². The quantitative estimate of drug-likeness (QED) is 0.912. The number of rotatable bonds is 3. The van der Waals surface area contributed by atoms with Crippen molar-refractivity contribution in [3.8, 4) is 0 Å². The molecule has 100 valence electrons. The molecule has 0 amide bonds. The number of nitrogens with zero attached hydrogens (tertiary/aromatic N) is 2. The highest BCUT2D eigenvalue weighted by Gasteiger charge is 2.18. The maximum Gasteiger partial charge on any atom is 0.133 e. The van der Waals surface area contributed by atoms with Crippen LogP contribution in [-0.4, -0.2) is 31.7 Å². The molecule has 0 bridgehead atoms. The summed E-state index contributed by atoms with van der Waals surface area (Å²) in [7, 11) is -0.608. The molecule has 4 nitrogen and oxygen atoms in total. The smallest absolute Gasteiger partial charge is 0.133 e. The van der Waals surface area contributed by atoms with E-state index in [0.717, 1.165) is 41.7 Å². The van der Waals surface area contributed by atoms with Crippen molar-refractivity contribution in [3.63, 3.8) is 0 Å². The Morgan fingerprint density at radius 2 is 2.00 bits per heavy atom. The molecule has 1 aliphatic heterocycles. The van der Waals surface area contributed by atoms with E-state index in [1.807, 2.05) is 13.0 Å². The molecular weight excluding hydrogens is 246 g/mol. The van der Waals surface area contributed by atoms with Gasteiger partial charge in [0.2, 0.25) is 0 Å². The van der Waals surface area contributed by atoms with Gasteiger partial charge in [-0.1, -0.05) is 13.8 Å². The predicted octanol–water partition coefficient (Wildman–Crippen LogP) is 2.23. The molecule has 5 heteroatoms. The molecule has 0 saturated carbocycles. The zero-order chi connectivity index (χ0) is 13.1. The maximum absolute atomic E-state index is 11.3. The summed E-state index contributed by atoms with van der Waals surface area (Å²) in [5.41, 5.74) is 0.996. The van der Waals surface area contributed by atoms with E-state index in [2.05, 4.69) is 29.1 Å². The largest absolute Gasteiger partial charge is 0.367 e. The third-order valence-electron chi connectivity index (χ3n) is 3.13. The molecule has 0 unspecified atom stereocenters. The summed E-state index contributed by atoms with van der Waals surface area (Å²) in [5, 5.41) is 3.45. The van der Waals surface area contributed by atoms with Crippen LogP contribution in [0.25, 0.3) is 0 Å². The van der Waals surface area contributed by atoms with Gasteiger partial charge < -0.3 is 5.32 Å². The summed E-state index contributed by atoms with van der Waals surface area (Å²) < 4.78 is 11.3. The molecule has 18 heavy (non-hydrogen) atoms. The van der Waals surface area contributed by atoms with E-state index in [0.29, 0.717) is 12.0 Å². The van der Waals surface area contributed by atoms with Gasteiger partial charge in [-0.3, -0.25) is 4.21 Å². The van der Waals surface area contributed by atoms with Crippen LogP contribution in [0.15, 0.2) is 6.07 Å². The van der Waals surface area contributed by atoms with Crippen molar-refractivity contribution < 1.29 is 4.21 Å². The van der Waals surface area contributed by atoms with E-state index < -0.39 is 10.8 Å². The average molecular weight is 267 g/mol.